The van der Waals surface area contributed by atoms with Crippen molar-refractivity contribution in [1.29, 1.82) is 0 Å². The van der Waals surface area contributed by atoms with Crippen LogP contribution in [0, 0.1) is 17.8 Å². The van der Waals surface area contributed by atoms with E-state index in [1.807, 2.05) is 28.8 Å². The highest BCUT2D eigenvalue weighted by Crippen LogP contribution is 2.48. The number of hydrogen-bond donors (Lipinski definition) is 1. The predicted octanol–water partition coefficient (Wildman–Crippen LogP) is 6.04. The summed E-state index contributed by atoms with van der Waals surface area (Å²) in [5.41, 5.74) is 1.76. The van der Waals surface area contributed by atoms with Crippen LogP contribution >= 0.6 is 7.37 Å². The lowest BCUT2D eigenvalue weighted by atomic mass is 9.65. The molecule has 2 aliphatic heterocycles. The van der Waals surface area contributed by atoms with E-state index < -0.39 is 7.37 Å². The van der Waals surface area contributed by atoms with Gasteiger partial charge in [-0.1, -0.05) is 25.5 Å². The lowest BCUT2D eigenvalue weighted by Crippen LogP contribution is -2.58. The van der Waals surface area contributed by atoms with Gasteiger partial charge in [-0.15, -0.1) is 0 Å². The highest BCUT2D eigenvalue weighted by molar-refractivity contribution is 7.60. The summed E-state index contributed by atoms with van der Waals surface area (Å²) < 4.78 is 13.9. The molecule has 36 heavy (non-hydrogen) atoms. The van der Waals surface area contributed by atoms with E-state index in [2.05, 4.69) is 16.8 Å². The summed E-state index contributed by atoms with van der Waals surface area (Å²) in [5, 5.41) is 0. The number of piperidine rings is 2. The van der Waals surface area contributed by atoms with Crippen molar-refractivity contribution in [3.8, 4) is 0 Å². The molecule has 2 saturated heterocycles. The Hall–Kier alpha value is -1.75. The molecule has 2 aromatic rings. The summed E-state index contributed by atoms with van der Waals surface area (Å²) in [6.45, 7) is 3.72. The Kier molecular flexibility index (Phi) is 6.50. The molecule has 8 atom stereocenters. The minimum absolute atomic E-state index is 0.134. The van der Waals surface area contributed by atoms with E-state index in [0.717, 1.165) is 41.6 Å². The van der Waals surface area contributed by atoms with E-state index in [1.54, 1.807) is 0 Å². The van der Waals surface area contributed by atoms with Crippen LogP contribution < -0.4 is 5.56 Å². The lowest BCUT2D eigenvalue weighted by Gasteiger charge is -2.55. The van der Waals surface area contributed by atoms with E-state index in [1.165, 1.54) is 69.9 Å². The van der Waals surface area contributed by atoms with Crippen molar-refractivity contribution in [1.82, 2.24) is 14.5 Å². The van der Waals surface area contributed by atoms with Gasteiger partial charge < -0.3 is 9.46 Å². The molecule has 6 nitrogen and oxygen atoms in total. The molecule has 4 bridgehead atoms. The standard InChI is InChI=1S/C29H40N3O3P/c1-19-12-20-14-21(13-19)16-24(15-20)31-22-6-5-7-23(31)18-25(17-22)32-28-9-4-3-8-26(28)30-27(29(32)33)10-11-36(2,34)35/h3-4,8-11,19-25H,5-7,12-18H2,1-2H3,(H,34,35)/b11-10+/t19-,20-,21+,22-,23+,24+,25+. The normalized spacial score (nSPS) is 36.7. The van der Waals surface area contributed by atoms with Crippen LogP contribution in [0.25, 0.3) is 17.1 Å². The van der Waals surface area contributed by atoms with Crippen molar-refractivity contribution in [3.05, 3.63) is 46.1 Å². The highest BCUT2D eigenvalue weighted by Gasteiger charge is 2.46. The van der Waals surface area contributed by atoms with Crippen LogP contribution in [0.1, 0.15) is 82.9 Å². The van der Waals surface area contributed by atoms with Crippen molar-refractivity contribution in [2.45, 2.75) is 95.3 Å². The Morgan fingerprint density at radius 3 is 2.28 bits per heavy atom. The monoisotopic (exact) mass is 509 g/mol. The van der Waals surface area contributed by atoms with Gasteiger partial charge in [-0.2, -0.15) is 0 Å². The van der Waals surface area contributed by atoms with Gasteiger partial charge in [0.1, 0.15) is 5.69 Å². The van der Waals surface area contributed by atoms with Gasteiger partial charge in [0, 0.05) is 36.6 Å². The molecule has 6 rings (SSSR count). The summed E-state index contributed by atoms with van der Waals surface area (Å²) in [7, 11) is -3.39. The first-order valence-corrected chi connectivity index (χ1v) is 16.2. The quantitative estimate of drug-likeness (QED) is 0.509. The van der Waals surface area contributed by atoms with Gasteiger partial charge in [0.05, 0.1) is 11.0 Å². The molecule has 1 N–H and O–H groups in total. The van der Waals surface area contributed by atoms with Gasteiger partial charge in [-0.3, -0.25) is 14.3 Å². The molecule has 4 aliphatic rings. The number of nitrogens with zero attached hydrogens (tertiary/aromatic N) is 3. The predicted molar refractivity (Wildman–Crippen MR) is 145 cm³/mol. The van der Waals surface area contributed by atoms with Crippen LogP contribution in [0.15, 0.2) is 34.9 Å². The Morgan fingerprint density at radius 2 is 1.61 bits per heavy atom. The number of hydrogen-bond acceptors (Lipinski definition) is 4. The minimum Gasteiger partial charge on any atom is -0.342 e. The first-order valence-electron chi connectivity index (χ1n) is 14.0. The largest absolute Gasteiger partial charge is 0.342 e. The zero-order chi connectivity index (χ0) is 25.0. The Labute approximate surface area is 214 Å². The molecule has 1 aromatic carbocycles. The molecule has 3 heterocycles. The van der Waals surface area contributed by atoms with E-state index >= 15 is 0 Å². The number of rotatable bonds is 4. The lowest BCUT2D eigenvalue weighted by molar-refractivity contribution is -0.0524. The van der Waals surface area contributed by atoms with Crippen molar-refractivity contribution < 1.29 is 9.46 Å². The first-order chi connectivity index (χ1) is 17.2. The second-order valence-corrected chi connectivity index (χ2v) is 14.6. The van der Waals surface area contributed by atoms with Crippen LogP contribution in [-0.4, -0.2) is 44.1 Å². The third-order valence-electron chi connectivity index (χ3n) is 9.47. The fourth-order valence-electron chi connectivity index (χ4n) is 8.44. The molecular weight excluding hydrogens is 469 g/mol. The van der Waals surface area contributed by atoms with Crippen molar-refractivity contribution in [2.24, 2.45) is 17.8 Å². The van der Waals surface area contributed by atoms with Crippen LogP contribution in [0.2, 0.25) is 0 Å². The van der Waals surface area contributed by atoms with Crippen LogP contribution in [-0.2, 0) is 4.57 Å². The molecule has 2 saturated carbocycles. The van der Waals surface area contributed by atoms with Gasteiger partial charge in [0.2, 0.25) is 7.37 Å². The van der Waals surface area contributed by atoms with Gasteiger partial charge in [-0.05, 0) is 93.7 Å². The maximum atomic E-state index is 13.7. The SMILES string of the molecule is C[C@@H]1C[C@@H]2C[C@H](C1)C[C@@H](N1[C@@H]3CCC[C@H]1C[C@@H](n1c(=O)c(/C=C/P(C)(=O)O)nc4ccccc41)C3)C2. The molecule has 4 fully saturated rings. The zero-order valence-electron chi connectivity index (χ0n) is 21.6. The molecular formula is C29H40N3O3P. The second-order valence-electron chi connectivity index (χ2n) is 12.4. The maximum absolute atomic E-state index is 13.7. The third-order valence-corrected chi connectivity index (χ3v) is 10.2. The Bertz CT molecular complexity index is 1230. The highest BCUT2D eigenvalue weighted by atomic mass is 31.2. The van der Waals surface area contributed by atoms with Crippen molar-refractivity contribution >= 4 is 24.5 Å². The smallest absolute Gasteiger partial charge is 0.277 e. The van der Waals surface area contributed by atoms with Gasteiger partial charge in [0.25, 0.3) is 5.56 Å². The van der Waals surface area contributed by atoms with Crippen molar-refractivity contribution in [2.75, 3.05) is 6.66 Å². The van der Waals surface area contributed by atoms with Gasteiger partial charge in [0.15, 0.2) is 0 Å². The average molecular weight is 510 g/mol. The fraction of sp³-hybridized carbons (Fsp3) is 0.655. The summed E-state index contributed by atoms with van der Waals surface area (Å²) in [5.74, 6) is 3.92. The third kappa shape index (κ3) is 4.77. The number of fused-ring (bicyclic) bond motifs is 5. The molecule has 194 valence electrons. The number of para-hydroxylation sites is 2. The van der Waals surface area contributed by atoms with E-state index in [4.69, 9.17) is 0 Å². The van der Waals surface area contributed by atoms with Crippen molar-refractivity contribution in [3.63, 3.8) is 0 Å². The van der Waals surface area contributed by atoms with Gasteiger partial charge in [-0.25, -0.2) is 4.98 Å². The Morgan fingerprint density at radius 1 is 0.944 bits per heavy atom. The molecule has 0 spiro atoms. The molecule has 2 aliphatic carbocycles. The van der Waals surface area contributed by atoms with E-state index in [0.29, 0.717) is 18.1 Å². The average Bonchev–Trinajstić information content (AvgIpc) is 2.80. The van der Waals surface area contributed by atoms with Crippen LogP contribution in [0.3, 0.4) is 0 Å². The zero-order valence-corrected chi connectivity index (χ0v) is 22.5. The van der Waals surface area contributed by atoms with Gasteiger partial charge >= 0.3 is 0 Å². The van der Waals surface area contributed by atoms with E-state index in [-0.39, 0.29) is 17.3 Å². The summed E-state index contributed by atoms with van der Waals surface area (Å²) in [6, 6.07) is 9.77. The Balaban J connectivity index is 1.33. The minimum atomic E-state index is -3.39. The summed E-state index contributed by atoms with van der Waals surface area (Å²) in [4.78, 5) is 31.0. The van der Waals surface area contributed by atoms with Crippen LogP contribution in [0.5, 0.6) is 0 Å². The second kappa shape index (κ2) is 9.53. The maximum Gasteiger partial charge on any atom is 0.277 e. The molecule has 7 heteroatoms. The molecule has 0 radical (unpaired) electrons. The molecule has 1 unspecified atom stereocenters. The molecule has 0 amide bonds. The van der Waals surface area contributed by atoms with E-state index in [9.17, 15) is 14.3 Å². The summed E-state index contributed by atoms with van der Waals surface area (Å²) in [6.07, 6.45) is 14.2. The molecule has 1 aromatic heterocycles. The van der Waals surface area contributed by atoms with Crippen LogP contribution in [0.4, 0.5) is 0 Å². The number of benzene rings is 1. The summed E-state index contributed by atoms with van der Waals surface area (Å²) >= 11 is 0. The first kappa shape index (κ1) is 24.6. The number of aromatic nitrogens is 2. The fourth-order valence-corrected chi connectivity index (χ4v) is 8.86. The topological polar surface area (TPSA) is 75.4 Å².